The fourth-order valence-corrected chi connectivity index (χ4v) is 5.82. The van der Waals surface area contributed by atoms with Gasteiger partial charge in [-0.05, 0) is 69.7 Å². The van der Waals surface area contributed by atoms with Crippen molar-refractivity contribution < 1.29 is 14.3 Å². The van der Waals surface area contributed by atoms with Crippen LogP contribution in [0, 0.1) is 25.7 Å². The lowest BCUT2D eigenvalue weighted by molar-refractivity contribution is -0.152. The first kappa shape index (κ1) is 25.3. The number of amides is 1. The first-order chi connectivity index (χ1) is 17.9. The van der Waals surface area contributed by atoms with Gasteiger partial charge in [0.25, 0.3) is 0 Å². The molecular weight excluding hydrogens is 464 g/mol. The Morgan fingerprint density at radius 2 is 1.78 bits per heavy atom. The molecule has 0 bridgehead atoms. The Bertz CT molecular complexity index is 1280. The molecule has 1 aromatic heterocycles. The first-order valence-corrected chi connectivity index (χ1v) is 13.7. The minimum atomic E-state index is -0.192. The van der Waals surface area contributed by atoms with E-state index in [0.29, 0.717) is 13.2 Å². The summed E-state index contributed by atoms with van der Waals surface area (Å²) in [7, 11) is 0. The minimum absolute atomic E-state index is 0.00552. The van der Waals surface area contributed by atoms with E-state index < -0.39 is 0 Å². The molecule has 0 aliphatic carbocycles. The molecule has 1 atom stereocenters. The second-order valence-electron chi connectivity index (χ2n) is 10.6. The van der Waals surface area contributed by atoms with Gasteiger partial charge in [-0.25, -0.2) is 4.98 Å². The summed E-state index contributed by atoms with van der Waals surface area (Å²) in [6.07, 6.45) is 3.26. The highest BCUT2D eigenvalue weighted by Gasteiger charge is 2.34. The highest BCUT2D eigenvalue weighted by atomic mass is 16.5. The number of aryl methyl sites for hydroxylation is 2. The number of likely N-dealkylation sites (tertiary alicyclic amines) is 1. The fourth-order valence-electron chi connectivity index (χ4n) is 5.82. The third-order valence-corrected chi connectivity index (χ3v) is 7.95. The van der Waals surface area contributed by atoms with Gasteiger partial charge in [-0.2, -0.15) is 0 Å². The molecule has 2 aliphatic heterocycles. The Kier molecular flexibility index (Phi) is 7.49. The number of para-hydroxylation sites is 2. The average molecular weight is 503 g/mol. The predicted octanol–water partition coefficient (Wildman–Crippen LogP) is 4.72. The van der Waals surface area contributed by atoms with E-state index in [0.717, 1.165) is 68.8 Å². The smallest absolute Gasteiger partial charge is 0.310 e. The van der Waals surface area contributed by atoms with Crippen molar-refractivity contribution in [3.63, 3.8) is 0 Å². The molecule has 2 saturated heterocycles. The van der Waals surface area contributed by atoms with Gasteiger partial charge in [0, 0.05) is 32.1 Å². The lowest BCUT2D eigenvalue weighted by Crippen LogP contribution is -2.48. The van der Waals surface area contributed by atoms with Crippen LogP contribution in [0.3, 0.4) is 0 Å². The summed E-state index contributed by atoms with van der Waals surface area (Å²) >= 11 is 0. The molecule has 2 aromatic carbocycles. The number of benzene rings is 2. The third-order valence-electron chi connectivity index (χ3n) is 7.95. The number of esters is 1. The van der Waals surface area contributed by atoms with Crippen molar-refractivity contribution >= 4 is 28.9 Å². The van der Waals surface area contributed by atoms with Gasteiger partial charge in [-0.15, -0.1) is 0 Å². The molecule has 2 fully saturated rings. The van der Waals surface area contributed by atoms with Gasteiger partial charge >= 0.3 is 5.97 Å². The number of rotatable bonds is 6. The predicted molar refractivity (Wildman–Crippen MR) is 146 cm³/mol. The van der Waals surface area contributed by atoms with Crippen LogP contribution in [0.15, 0.2) is 42.5 Å². The van der Waals surface area contributed by atoms with Crippen molar-refractivity contribution in [3.8, 4) is 0 Å². The second-order valence-corrected chi connectivity index (χ2v) is 10.6. The molecule has 3 aromatic rings. The van der Waals surface area contributed by atoms with Crippen LogP contribution >= 0.6 is 0 Å². The summed E-state index contributed by atoms with van der Waals surface area (Å²) in [5.41, 5.74) is 5.97. The monoisotopic (exact) mass is 502 g/mol. The zero-order chi connectivity index (χ0) is 25.9. The molecule has 0 N–H and O–H groups in total. The van der Waals surface area contributed by atoms with Crippen LogP contribution in [0.25, 0.3) is 11.0 Å². The van der Waals surface area contributed by atoms with Crippen molar-refractivity contribution in [2.75, 3.05) is 37.7 Å². The van der Waals surface area contributed by atoms with E-state index in [1.807, 2.05) is 17.9 Å². The summed E-state index contributed by atoms with van der Waals surface area (Å²) in [6.45, 7) is 10.1. The molecule has 7 heteroatoms. The number of piperidine rings is 2. The highest BCUT2D eigenvalue weighted by Crippen LogP contribution is 2.30. The van der Waals surface area contributed by atoms with Crippen molar-refractivity contribution in [1.82, 2.24) is 14.5 Å². The summed E-state index contributed by atoms with van der Waals surface area (Å²) in [4.78, 5) is 34.9. The molecule has 2 aliphatic rings. The van der Waals surface area contributed by atoms with Crippen molar-refractivity contribution in [3.05, 3.63) is 59.2 Å². The van der Waals surface area contributed by atoms with E-state index in [9.17, 15) is 9.59 Å². The van der Waals surface area contributed by atoms with Crippen LogP contribution in [0.5, 0.6) is 0 Å². The second kappa shape index (κ2) is 11.0. The number of hydrogen-bond acceptors (Lipinski definition) is 5. The normalized spacial score (nSPS) is 18.8. The number of anilines is 1. The van der Waals surface area contributed by atoms with Crippen molar-refractivity contribution in [2.24, 2.45) is 11.8 Å². The zero-order valence-electron chi connectivity index (χ0n) is 22.3. The Balaban J connectivity index is 1.30. The number of imidazole rings is 1. The van der Waals surface area contributed by atoms with Gasteiger partial charge < -0.3 is 19.1 Å². The Labute approximate surface area is 219 Å². The molecule has 1 amide bonds. The Morgan fingerprint density at radius 1 is 1.00 bits per heavy atom. The van der Waals surface area contributed by atoms with E-state index >= 15 is 0 Å². The molecule has 5 rings (SSSR count). The summed E-state index contributed by atoms with van der Waals surface area (Å²) in [5.74, 6) is 0.806. The molecule has 0 spiro atoms. The van der Waals surface area contributed by atoms with Crippen LogP contribution in [0.4, 0.5) is 5.95 Å². The van der Waals surface area contributed by atoms with Gasteiger partial charge in [0.05, 0.1) is 30.1 Å². The van der Waals surface area contributed by atoms with Crippen LogP contribution in [-0.4, -0.2) is 59.1 Å². The summed E-state index contributed by atoms with van der Waals surface area (Å²) in [5, 5.41) is 0. The third kappa shape index (κ3) is 5.36. The Morgan fingerprint density at radius 3 is 2.57 bits per heavy atom. The molecule has 0 unspecified atom stereocenters. The van der Waals surface area contributed by atoms with Crippen LogP contribution in [0.2, 0.25) is 0 Å². The number of aromatic nitrogens is 2. The van der Waals surface area contributed by atoms with Crippen molar-refractivity contribution in [2.45, 2.75) is 53.0 Å². The van der Waals surface area contributed by atoms with E-state index in [2.05, 4.69) is 59.7 Å². The molecule has 0 saturated carbocycles. The lowest BCUT2D eigenvalue weighted by Gasteiger charge is -2.37. The van der Waals surface area contributed by atoms with E-state index in [4.69, 9.17) is 9.72 Å². The standard InChI is InChI=1S/C30H38N4O3/c1-4-37-29(36)24-8-7-15-33(19-24)28(35)23-13-16-32(17-14-23)30-31-26-9-5-6-10-27(26)34(30)20-25-18-21(2)11-12-22(25)3/h5-6,9-12,18,23-24H,4,7-8,13-17,19-20H2,1-3H3/t24-/m1/s1. The maximum absolute atomic E-state index is 13.4. The van der Waals surface area contributed by atoms with Crippen LogP contribution < -0.4 is 4.90 Å². The van der Waals surface area contributed by atoms with Gasteiger partial charge in [0.15, 0.2) is 0 Å². The molecule has 37 heavy (non-hydrogen) atoms. The number of nitrogens with zero attached hydrogens (tertiary/aromatic N) is 4. The zero-order valence-corrected chi connectivity index (χ0v) is 22.3. The average Bonchev–Trinajstić information content (AvgIpc) is 3.29. The van der Waals surface area contributed by atoms with E-state index in [1.54, 1.807) is 0 Å². The molecular formula is C30H38N4O3. The molecule has 7 nitrogen and oxygen atoms in total. The first-order valence-electron chi connectivity index (χ1n) is 13.7. The molecule has 0 radical (unpaired) electrons. The lowest BCUT2D eigenvalue weighted by atomic mass is 9.92. The van der Waals surface area contributed by atoms with Crippen LogP contribution in [0.1, 0.15) is 49.3 Å². The largest absolute Gasteiger partial charge is 0.466 e. The SMILES string of the molecule is CCOC(=O)[C@@H]1CCCN(C(=O)C2CCN(c3nc4ccccc4n3Cc3cc(C)ccc3C)CC2)C1. The number of ether oxygens (including phenoxy) is 1. The van der Waals surface area contributed by atoms with Gasteiger partial charge in [0.1, 0.15) is 0 Å². The Hall–Kier alpha value is -3.35. The molecule has 196 valence electrons. The number of fused-ring (bicyclic) bond motifs is 1. The molecule has 3 heterocycles. The number of carbonyl (C=O) groups is 2. The maximum atomic E-state index is 13.4. The fraction of sp³-hybridized carbons (Fsp3) is 0.500. The van der Waals surface area contributed by atoms with Crippen molar-refractivity contribution in [1.29, 1.82) is 0 Å². The summed E-state index contributed by atoms with van der Waals surface area (Å²) < 4.78 is 7.54. The quantitative estimate of drug-likeness (QED) is 0.457. The minimum Gasteiger partial charge on any atom is -0.466 e. The summed E-state index contributed by atoms with van der Waals surface area (Å²) in [6, 6.07) is 14.9. The topological polar surface area (TPSA) is 67.7 Å². The van der Waals surface area contributed by atoms with Gasteiger partial charge in [0.2, 0.25) is 11.9 Å². The number of carbonyl (C=O) groups excluding carboxylic acids is 2. The van der Waals surface area contributed by atoms with Gasteiger partial charge in [-0.3, -0.25) is 9.59 Å². The highest BCUT2D eigenvalue weighted by molar-refractivity contribution is 5.81. The number of hydrogen-bond donors (Lipinski definition) is 0. The van der Waals surface area contributed by atoms with Crippen LogP contribution in [-0.2, 0) is 20.9 Å². The van der Waals surface area contributed by atoms with E-state index in [-0.39, 0.29) is 23.7 Å². The van der Waals surface area contributed by atoms with E-state index in [1.165, 1.54) is 16.7 Å². The van der Waals surface area contributed by atoms with Gasteiger partial charge in [-0.1, -0.05) is 35.9 Å². The maximum Gasteiger partial charge on any atom is 0.310 e.